The van der Waals surface area contributed by atoms with Crippen molar-refractivity contribution < 1.29 is 4.74 Å². The number of aryl methyl sites for hydroxylation is 2. The van der Waals surface area contributed by atoms with E-state index in [9.17, 15) is 10.1 Å². The number of aromatic nitrogens is 5. The third kappa shape index (κ3) is 5.81. The van der Waals surface area contributed by atoms with Crippen LogP contribution in [0, 0.1) is 25.2 Å². The molecule has 1 aromatic carbocycles. The van der Waals surface area contributed by atoms with Crippen LogP contribution in [0.4, 0.5) is 5.95 Å². The molecule has 170 valence electrons. The number of anilines is 1. The molecule has 9 nitrogen and oxygen atoms in total. The zero-order valence-electron chi connectivity index (χ0n) is 18.9. The Morgan fingerprint density at radius 1 is 1.00 bits per heavy atom. The predicted molar refractivity (Wildman–Crippen MR) is 127 cm³/mol. The van der Waals surface area contributed by atoms with E-state index in [4.69, 9.17) is 4.74 Å². The van der Waals surface area contributed by atoms with Gasteiger partial charge in [0.25, 0.3) is 5.56 Å². The highest BCUT2D eigenvalue weighted by atomic mass is 16.5. The van der Waals surface area contributed by atoms with E-state index in [2.05, 4.69) is 36.3 Å². The van der Waals surface area contributed by atoms with Crippen LogP contribution in [0.5, 0.6) is 11.6 Å². The van der Waals surface area contributed by atoms with E-state index in [1.54, 1.807) is 43.0 Å². The minimum atomic E-state index is -0.212. The van der Waals surface area contributed by atoms with E-state index < -0.39 is 0 Å². The maximum atomic E-state index is 12.4. The molecule has 0 spiro atoms. The molecule has 2 N–H and O–H groups in total. The van der Waals surface area contributed by atoms with Crippen molar-refractivity contribution in [2.75, 3.05) is 11.9 Å². The summed E-state index contributed by atoms with van der Waals surface area (Å²) >= 11 is 0. The SMILES string of the molecule is Cc1ccc(Oc2ccc(CCNc3ncc(Cc4cnc(C)nc4)c(=O)[nH]3)cc2C#N)nc1. The summed E-state index contributed by atoms with van der Waals surface area (Å²) in [7, 11) is 0. The van der Waals surface area contributed by atoms with Gasteiger partial charge in [0.1, 0.15) is 17.6 Å². The highest BCUT2D eigenvalue weighted by Gasteiger charge is 2.08. The molecular weight excluding hydrogens is 430 g/mol. The van der Waals surface area contributed by atoms with Gasteiger partial charge in [-0.05, 0) is 49.1 Å². The first-order valence-electron chi connectivity index (χ1n) is 10.7. The molecule has 0 unspecified atom stereocenters. The second-order valence-electron chi connectivity index (χ2n) is 7.80. The number of pyridine rings is 1. The second-order valence-corrected chi connectivity index (χ2v) is 7.80. The van der Waals surface area contributed by atoms with Gasteiger partial charge in [-0.15, -0.1) is 0 Å². The lowest BCUT2D eigenvalue weighted by molar-refractivity contribution is 0.461. The van der Waals surface area contributed by atoms with Gasteiger partial charge in [0.2, 0.25) is 11.8 Å². The second kappa shape index (κ2) is 10.4. The number of H-pyrrole nitrogens is 1. The Morgan fingerprint density at radius 2 is 1.82 bits per heavy atom. The summed E-state index contributed by atoms with van der Waals surface area (Å²) < 4.78 is 5.75. The predicted octanol–water partition coefficient (Wildman–Crippen LogP) is 3.48. The van der Waals surface area contributed by atoms with Gasteiger partial charge in [0.05, 0.1) is 5.56 Å². The van der Waals surface area contributed by atoms with Crippen LogP contribution < -0.4 is 15.6 Å². The lowest BCUT2D eigenvalue weighted by atomic mass is 10.1. The molecule has 0 fully saturated rings. The van der Waals surface area contributed by atoms with Crippen molar-refractivity contribution in [1.82, 2.24) is 24.9 Å². The lowest BCUT2D eigenvalue weighted by Gasteiger charge is -2.10. The van der Waals surface area contributed by atoms with Crippen molar-refractivity contribution in [3.8, 4) is 17.7 Å². The lowest BCUT2D eigenvalue weighted by Crippen LogP contribution is -2.18. The number of hydrogen-bond acceptors (Lipinski definition) is 8. The van der Waals surface area contributed by atoms with Crippen LogP contribution in [-0.4, -0.2) is 31.5 Å². The third-order valence-corrected chi connectivity index (χ3v) is 5.07. The average Bonchev–Trinajstić information content (AvgIpc) is 2.84. The summed E-state index contributed by atoms with van der Waals surface area (Å²) in [5.74, 6) is 1.96. The molecule has 34 heavy (non-hydrogen) atoms. The fourth-order valence-electron chi connectivity index (χ4n) is 3.23. The number of hydrogen-bond donors (Lipinski definition) is 2. The van der Waals surface area contributed by atoms with Crippen LogP contribution in [0.25, 0.3) is 0 Å². The molecule has 0 radical (unpaired) electrons. The molecule has 0 amide bonds. The standard InChI is InChI=1S/C25H23N7O2/c1-16-3-6-23(30-12-16)34-22-5-4-18(9-20(22)11-26)7-8-27-25-31-15-21(24(33)32-25)10-19-13-28-17(2)29-14-19/h3-6,9,12-15H,7-8,10H2,1-2H3,(H2,27,31,32,33). The Bertz CT molecular complexity index is 1370. The van der Waals surface area contributed by atoms with Crippen molar-refractivity contribution >= 4 is 5.95 Å². The Morgan fingerprint density at radius 3 is 2.53 bits per heavy atom. The first-order valence-corrected chi connectivity index (χ1v) is 10.7. The number of nitrogens with zero attached hydrogens (tertiary/aromatic N) is 5. The van der Waals surface area contributed by atoms with Crippen LogP contribution in [0.2, 0.25) is 0 Å². The van der Waals surface area contributed by atoms with Gasteiger partial charge in [0, 0.05) is 49.4 Å². The molecule has 0 aliphatic rings. The molecule has 0 saturated heterocycles. The summed E-state index contributed by atoms with van der Waals surface area (Å²) in [6, 6.07) is 11.3. The highest BCUT2D eigenvalue weighted by molar-refractivity contribution is 5.47. The quantitative estimate of drug-likeness (QED) is 0.415. The normalized spacial score (nSPS) is 10.5. The Hall–Kier alpha value is -4.58. The Balaban J connectivity index is 1.35. The van der Waals surface area contributed by atoms with Crippen LogP contribution in [0.1, 0.15) is 33.6 Å². The summed E-state index contributed by atoms with van der Waals surface area (Å²) in [6.07, 6.45) is 7.72. The maximum absolute atomic E-state index is 12.4. The van der Waals surface area contributed by atoms with Crippen LogP contribution in [-0.2, 0) is 12.8 Å². The largest absolute Gasteiger partial charge is 0.438 e. The fourth-order valence-corrected chi connectivity index (χ4v) is 3.23. The zero-order chi connectivity index (χ0) is 23.9. The van der Waals surface area contributed by atoms with Crippen molar-refractivity contribution in [3.63, 3.8) is 0 Å². The number of nitriles is 1. The number of nitrogens with one attached hydrogen (secondary N) is 2. The third-order valence-electron chi connectivity index (χ3n) is 5.07. The van der Waals surface area contributed by atoms with Gasteiger partial charge in [-0.3, -0.25) is 9.78 Å². The molecule has 0 aliphatic carbocycles. The van der Waals surface area contributed by atoms with Crippen molar-refractivity contribution in [3.05, 3.63) is 99.1 Å². The van der Waals surface area contributed by atoms with E-state index >= 15 is 0 Å². The topological polar surface area (TPSA) is 129 Å². The smallest absolute Gasteiger partial charge is 0.255 e. The van der Waals surface area contributed by atoms with E-state index in [-0.39, 0.29) is 5.56 Å². The molecule has 4 aromatic rings. The van der Waals surface area contributed by atoms with Gasteiger partial charge in [-0.1, -0.05) is 12.1 Å². The number of rotatable bonds is 8. The number of aromatic amines is 1. The Kier molecular flexibility index (Phi) is 6.89. The molecule has 4 rings (SSSR count). The molecule has 0 aliphatic heterocycles. The van der Waals surface area contributed by atoms with E-state index in [0.717, 1.165) is 16.7 Å². The highest BCUT2D eigenvalue weighted by Crippen LogP contribution is 2.25. The molecule has 3 aromatic heterocycles. The van der Waals surface area contributed by atoms with Gasteiger partial charge < -0.3 is 10.1 Å². The van der Waals surface area contributed by atoms with Gasteiger partial charge in [0.15, 0.2) is 0 Å². The van der Waals surface area contributed by atoms with Crippen LogP contribution >= 0.6 is 0 Å². The van der Waals surface area contributed by atoms with Gasteiger partial charge in [-0.25, -0.2) is 19.9 Å². The minimum absolute atomic E-state index is 0.212. The van der Waals surface area contributed by atoms with Gasteiger partial charge in [-0.2, -0.15) is 5.26 Å². The summed E-state index contributed by atoms with van der Waals surface area (Å²) in [5.41, 5.74) is 3.58. The van der Waals surface area contributed by atoms with E-state index in [1.165, 1.54) is 0 Å². The molecular formula is C25H23N7O2. The van der Waals surface area contributed by atoms with Crippen molar-refractivity contribution in [1.29, 1.82) is 5.26 Å². The summed E-state index contributed by atoms with van der Waals surface area (Å²) in [6.45, 7) is 4.28. The molecule has 3 heterocycles. The number of benzene rings is 1. The number of ether oxygens (including phenoxy) is 1. The minimum Gasteiger partial charge on any atom is -0.438 e. The first kappa shape index (κ1) is 22.6. The molecule has 0 atom stereocenters. The van der Waals surface area contributed by atoms with E-state index in [1.807, 2.05) is 26.0 Å². The van der Waals surface area contributed by atoms with Gasteiger partial charge >= 0.3 is 0 Å². The van der Waals surface area contributed by atoms with Crippen molar-refractivity contribution in [2.45, 2.75) is 26.7 Å². The zero-order valence-corrected chi connectivity index (χ0v) is 18.9. The van der Waals surface area contributed by atoms with E-state index in [0.29, 0.717) is 53.9 Å². The molecule has 0 bridgehead atoms. The van der Waals surface area contributed by atoms with Crippen LogP contribution in [0.15, 0.2) is 59.9 Å². The summed E-state index contributed by atoms with van der Waals surface area (Å²) in [5, 5.41) is 12.6. The first-order chi connectivity index (χ1) is 16.5. The van der Waals surface area contributed by atoms with Crippen molar-refractivity contribution in [2.24, 2.45) is 0 Å². The Labute approximate surface area is 196 Å². The average molecular weight is 454 g/mol. The fraction of sp³-hybridized carbons (Fsp3) is 0.200. The molecule has 9 heteroatoms. The summed E-state index contributed by atoms with van der Waals surface area (Å²) in [4.78, 5) is 32.0. The maximum Gasteiger partial charge on any atom is 0.255 e. The molecule has 0 saturated carbocycles. The van der Waals surface area contributed by atoms with Crippen LogP contribution in [0.3, 0.4) is 0 Å². The monoisotopic (exact) mass is 453 g/mol.